The van der Waals surface area contributed by atoms with E-state index in [9.17, 15) is 0 Å². The minimum Gasteiger partial charge on any atom is -0.492 e. The van der Waals surface area contributed by atoms with Crippen LogP contribution in [0.5, 0.6) is 17.2 Å². The van der Waals surface area contributed by atoms with Gasteiger partial charge in [-0.25, -0.2) is 0 Å². The van der Waals surface area contributed by atoms with Gasteiger partial charge in [0, 0.05) is 16.6 Å². The third-order valence-electron chi connectivity index (χ3n) is 5.50. The largest absolute Gasteiger partial charge is 0.492 e. The van der Waals surface area contributed by atoms with E-state index in [-0.39, 0.29) is 12.4 Å². The highest BCUT2D eigenvalue weighted by atomic mass is 35.5. The molecule has 0 bridgehead atoms. The number of hydrogen-bond donors (Lipinski definition) is 0. The number of benzene rings is 3. The standard InChI is InChI=1S/C26H25NO2S.ClH/c1-2-8-20(9-3-1)26-25(23-10-4-5-11-24(23)30-26)29-22-14-12-21(13-15-22)28-19-18-27-16-6-7-17-27;/h1-5,8-15H,6-7,16-19H2;1H. The summed E-state index contributed by atoms with van der Waals surface area (Å²) in [5, 5.41) is 1.15. The van der Waals surface area contributed by atoms with Gasteiger partial charge >= 0.3 is 0 Å². The Morgan fingerprint density at radius 3 is 2.23 bits per heavy atom. The molecule has 0 spiro atoms. The van der Waals surface area contributed by atoms with Crippen molar-refractivity contribution in [1.82, 2.24) is 4.90 Å². The maximum Gasteiger partial charge on any atom is 0.153 e. The molecule has 1 aromatic heterocycles. The van der Waals surface area contributed by atoms with Crippen LogP contribution in [0.15, 0.2) is 78.9 Å². The maximum atomic E-state index is 6.40. The molecule has 1 fully saturated rings. The molecule has 1 aliphatic heterocycles. The molecule has 5 rings (SSSR count). The molecule has 0 N–H and O–H groups in total. The second-order valence-electron chi connectivity index (χ2n) is 7.59. The topological polar surface area (TPSA) is 21.7 Å². The van der Waals surface area contributed by atoms with Crippen molar-refractivity contribution in [2.75, 3.05) is 26.2 Å². The van der Waals surface area contributed by atoms with Crippen LogP contribution in [0.4, 0.5) is 0 Å². The minimum absolute atomic E-state index is 0. The SMILES string of the molecule is Cl.c1ccc(-c2sc3ccccc3c2Oc2ccc(OCCN3CCCC3)cc2)cc1. The van der Waals surface area contributed by atoms with E-state index in [1.807, 2.05) is 30.3 Å². The molecule has 4 aromatic rings. The molecule has 1 saturated heterocycles. The average Bonchev–Trinajstić information content (AvgIpc) is 3.44. The van der Waals surface area contributed by atoms with E-state index in [4.69, 9.17) is 9.47 Å². The van der Waals surface area contributed by atoms with Gasteiger partial charge in [-0.2, -0.15) is 0 Å². The Hall–Kier alpha value is -2.53. The fourth-order valence-corrected chi connectivity index (χ4v) is 5.06. The molecule has 0 aliphatic carbocycles. The number of halogens is 1. The summed E-state index contributed by atoms with van der Waals surface area (Å²) in [6.45, 7) is 4.13. The number of fused-ring (bicyclic) bond motifs is 1. The zero-order chi connectivity index (χ0) is 20.2. The molecule has 2 heterocycles. The van der Waals surface area contributed by atoms with E-state index in [2.05, 4.69) is 53.4 Å². The first kappa shape index (κ1) is 21.7. The first-order chi connectivity index (χ1) is 14.9. The van der Waals surface area contributed by atoms with Gasteiger partial charge in [0.15, 0.2) is 5.75 Å². The number of thiophene rings is 1. The van der Waals surface area contributed by atoms with Crippen molar-refractivity contribution in [3.8, 4) is 27.7 Å². The summed E-state index contributed by atoms with van der Waals surface area (Å²) < 4.78 is 13.6. The van der Waals surface area contributed by atoms with Gasteiger partial charge in [-0.05, 0) is 67.9 Å². The Kier molecular flexibility index (Phi) is 7.13. The quantitative estimate of drug-likeness (QED) is 0.295. The van der Waals surface area contributed by atoms with Crippen LogP contribution in [-0.2, 0) is 0 Å². The Balaban J connectivity index is 0.00000231. The van der Waals surface area contributed by atoms with E-state index in [0.717, 1.165) is 40.7 Å². The van der Waals surface area contributed by atoms with E-state index >= 15 is 0 Å². The minimum atomic E-state index is 0. The molecule has 3 nitrogen and oxygen atoms in total. The van der Waals surface area contributed by atoms with Gasteiger partial charge in [-0.15, -0.1) is 23.7 Å². The first-order valence-corrected chi connectivity index (χ1v) is 11.4. The smallest absolute Gasteiger partial charge is 0.153 e. The molecule has 0 unspecified atom stereocenters. The van der Waals surface area contributed by atoms with Crippen LogP contribution in [0.25, 0.3) is 20.5 Å². The van der Waals surface area contributed by atoms with Crippen molar-refractivity contribution >= 4 is 33.8 Å². The highest BCUT2D eigenvalue weighted by molar-refractivity contribution is 7.22. The van der Waals surface area contributed by atoms with Gasteiger partial charge in [0.2, 0.25) is 0 Å². The molecule has 0 amide bonds. The Morgan fingerprint density at radius 2 is 1.45 bits per heavy atom. The van der Waals surface area contributed by atoms with Crippen LogP contribution in [0.2, 0.25) is 0 Å². The lowest BCUT2D eigenvalue weighted by molar-refractivity contribution is 0.237. The summed E-state index contributed by atoms with van der Waals surface area (Å²) in [4.78, 5) is 3.62. The van der Waals surface area contributed by atoms with Crippen LogP contribution >= 0.6 is 23.7 Å². The van der Waals surface area contributed by atoms with Crippen LogP contribution < -0.4 is 9.47 Å². The lowest BCUT2D eigenvalue weighted by atomic mass is 10.1. The first-order valence-electron chi connectivity index (χ1n) is 10.6. The lowest BCUT2D eigenvalue weighted by Gasteiger charge is -2.15. The predicted octanol–water partition coefficient (Wildman–Crippen LogP) is 7.26. The third kappa shape index (κ3) is 5.04. The number of rotatable bonds is 7. The van der Waals surface area contributed by atoms with Gasteiger partial charge in [-0.3, -0.25) is 4.90 Å². The Bertz CT molecular complexity index is 1110. The van der Waals surface area contributed by atoms with Gasteiger partial charge < -0.3 is 9.47 Å². The van der Waals surface area contributed by atoms with Gasteiger partial charge in [0.05, 0.1) is 4.88 Å². The predicted molar refractivity (Wildman–Crippen MR) is 132 cm³/mol. The molecule has 5 heteroatoms. The third-order valence-corrected chi connectivity index (χ3v) is 6.71. The molecule has 3 aromatic carbocycles. The summed E-state index contributed by atoms with van der Waals surface area (Å²) in [7, 11) is 0. The molecule has 0 saturated carbocycles. The molecule has 0 atom stereocenters. The van der Waals surface area contributed by atoms with E-state index < -0.39 is 0 Å². The number of hydrogen-bond acceptors (Lipinski definition) is 4. The summed E-state index contributed by atoms with van der Waals surface area (Å²) in [6, 6.07) is 26.8. The Morgan fingerprint density at radius 1 is 0.774 bits per heavy atom. The fourth-order valence-electron chi connectivity index (χ4n) is 3.92. The molecular formula is C26H26ClNO2S. The van der Waals surface area contributed by atoms with E-state index in [1.165, 1.54) is 36.2 Å². The zero-order valence-electron chi connectivity index (χ0n) is 17.3. The molecular weight excluding hydrogens is 426 g/mol. The average molecular weight is 452 g/mol. The van der Waals surface area contributed by atoms with Gasteiger partial charge in [0.1, 0.15) is 18.1 Å². The molecule has 31 heavy (non-hydrogen) atoms. The van der Waals surface area contributed by atoms with Crippen LogP contribution in [0, 0.1) is 0 Å². The van der Waals surface area contributed by atoms with Crippen LogP contribution in [0.3, 0.4) is 0 Å². The highest BCUT2D eigenvalue weighted by Crippen LogP contribution is 2.46. The normalized spacial score (nSPS) is 13.8. The van der Waals surface area contributed by atoms with Crippen LogP contribution in [0.1, 0.15) is 12.8 Å². The van der Waals surface area contributed by atoms with E-state index in [0.29, 0.717) is 0 Å². The number of nitrogens with zero attached hydrogens (tertiary/aromatic N) is 1. The highest BCUT2D eigenvalue weighted by Gasteiger charge is 2.16. The van der Waals surface area contributed by atoms with Crippen molar-refractivity contribution in [3.05, 3.63) is 78.9 Å². The van der Waals surface area contributed by atoms with Crippen molar-refractivity contribution in [2.45, 2.75) is 12.8 Å². The van der Waals surface area contributed by atoms with Crippen molar-refractivity contribution in [1.29, 1.82) is 0 Å². The van der Waals surface area contributed by atoms with E-state index in [1.54, 1.807) is 11.3 Å². The summed E-state index contributed by atoms with van der Waals surface area (Å²) >= 11 is 1.77. The lowest BCUT2D eigenvalue weighted by Crippen LogP contribution is -2.25. The zero-order valence-corrected chi connectivity index (χ0v) is 19.0. The van der Waals surface area contributed by atoms with Gasteiger partial charge in [0.25, 0.3) is 0 Å². The number of likely N-dealkylation sites (tertiary alicyclic amines) is 1. The summed E-state index contributed by atoms with van der Waals surface area (Å²) in [6.07, 6.45) is 2.63. The summed E-state index contributed by atoms with van der Waals surface area (Å²) in [5.41, 5.74) is 1.18. The monoisotopic (exact) mass is 451 g/mol. The second-order valence-corrected chi connectivity index (χ2v) is 8.65. The molecule has 160 valence electrons. The van der Waals surface area contributed by atoms with Crippen LogP contribution in [-0.4, -0.2) is 31.1 Å². The van der Waals surface area contributed by atoms with Crippen molar-refractivity contribution < 1.29 is 9.47 Å². The second kappa shape index (κ2) is 10.2. The number of ether oxygens (including phenoxy) is 2. The van der Waals surface area contributed by atoms with Crippen molar-refractivity contribution in [3.63, 3.8) is 0 Å². The Labute approximate surface area is 193 Å². The van der Waals surface area contributed by atoms with Crippen molar-refractivity contribution in [2.24, 2.45) is 0 Å². The molecule has 0 radical (unpaired) electrons. The summed E-state index contributed by atoms with van der Waals surface area (Å²) in [5.74, 6) is 2.63. The fraction of sp³-hybridized carbons (Fsp3) is 0.231. The molecule has 1 aliphatic rings. The van der Waals surface area contributed by atoms with Gasteiger partial charge in [-0.1, -0.05) is 42.5 Å². The maximum absolute atomic E-state index is 6.40.